The van der Waals surface area contributed by atoms with Crippen molar-refractivity contribution in [2.75, 3.05) is 6.61 Å². The fraction of sp³-hybridized carbons (Fsp3) is 0.267. The Bertz CT molecular complexity index is 524. The molecule has 0 amide bonds. The number of ether oxygens (including phenoxy) is 1. The number of hydrogen-bond acceptors (Lipinski definition) is 2. The van der Waals surface area contributed by atoms with Crippen LogP contribution < -0.4 is 4.74 Å². The van der Waals surface area contributed by atoms with E-state index >= 15 is 0 Å². The van der Waals surface area contributed by atoms with Crippen molar-refractivity contribution in [3.63, 3.8) is 0 Å². The van der Waals surface area contributed by atoms with Crippen molar-refractivity contribution in [3.05, 3.63) is 53.1 Å². The van der Waals surface area contributed by atoms with E-state index in [1.54, 1.807) is 0 Å². The summed E-state index contributed by atoms with van der Waals surface area (Å²) < 4.78 is 5.45. The molecule has 0 saturated carbocycles. The number of rotatable bonds is 3. The molecule has 1 aromatic rings. The summed E-state index contributed by atoms with van der Waals surface area (Å²) in [5, 5.41) is 0. The molecular weight excluding hydrogens is 212 g/mol. The van der Waals surface area contributed by atoms with E-state index in [-0.39, 0.29) is 5.78 Å². The molecule has 3 rings (SSSR count). The van der Waals surface area contributed by atoms with Gasteiger partial charge in [0.1, 0.15) is 5.75 Å². The number of ketones is 1. The third-order valence-electron chi connectivity index (χ3n) is 3.21. The maximum absolute atomic E-state index is 12.0. The first kappa shape index (κ1) is 10.3. The summed E-state index contributed by atoms with van der Waals surface area (Å²) >= 11 is 0. The minimum Gasteiger partial charge on any atom is -0.493 e. The van der Waals surface area contributed by atoms with Crippen LogP contribution in [0.1, 0.15) is 17.5 Å². The van der Waals surface area contributed by atoms with Gasteiger partial charge in [0.15, 0.2) is 5.78 Å². The second-order valence-electron chi connectivity index (χ2n) is 4.44. The Balaban J connectivity index is 1.77. The van der Waals surface area contributed by atoms with Crippen LogP contribution in [0.15, 0.2) is 42.0 Å². The number of hydrogen-bond donors (Lipinski definition) is 0. The number of Topliss-reactive ketones (excluding diaryl/α,β-unsaturated/α-hetero) is 1. The molecule has 0 bridgehead atoms. The van der Waals surface area contributed by atoms with Crippen molar-refractivity contribution in [1.29, 1.82) is 0 Å². The second-order valence-corrected chi connectivity index (χ2v) is 4.44. The summed E-state index contributed by atoms with van der Waals surface area (Å²) in [5.41, 5.74) is 3.16. The summed E-state index contributed by atoms with van der Waals surface area (Å²) in [6, 6.07) is 6.06. The molecular formula is C15H14O2. The van der Waals surface area contributed by atoms with Gasteiger partial charge >= 0.3 is 0 Å². The van der Waals surface area contributed by atoms with Crippen LogP contribution in [0.25, 0.3) is 0 Å². The third-order valence-corrected chi connectivity index (χ3v) is 3.21. The zero-order valence-corrected chi connectivity index (χ0v) is 9.61. The van der Waals surface area contributed by atoms with Crippen molar-refractivity contribution in [3.8, 4) is 5.75 Å². The lowest BCUT2D eigenvalue weighted by atomic mass is 10.0. The van der Waals surface area contributed by atoms with Crippen molar-refractivity contribution in [2.45, 2.75) is 19.3 Å². The topological polar surface area (TPSA) is 26.3 Å². The average molecular weight is 226 g/mol. The lowest BCUT2D eigenvalue weighted by molar-refractivity contribution is -0.114. The van der Waals surface area contributed by atoms with Gasteiger partial charge in [0.2, 0.25) is 0 Å². The quantitative estimate of drug-likeness (QED) is 0.792. The van der Waals surface area contributed by atoms with Gasteiger partial charge in [-0.3, -0.25) is 4.79 Å². The van der Waals surface area contributed by atoms with E-state index in [0.717, 1.165) is 36.3 Å². The summed E-state index contributed by atoms with van der Waals surface area (Å²) in [5.74, 6) is 1.18. The fourth-order valence-corrected chi connectivity index (χ4v) is 2.30. The molecule has 2 heteroatoms. The number of carbonyl (C=O) groups excluding carboxylic acids is 1. The van der Waals surface area contributed by atoms with Crippen LogP contribution >= 0.6 is 0 Å². The smallest absolute Gasteiger partial charge is 0.166 e. The van der Waals surface area contributed by atoms with Crippen LogP contribution in [0.4, 0.5) is 0 Å². The van der Waals surface area contributed by atoms with Crippen LogP contribution in [0.5, 0.6) is 5.75 Å². The first-order valence-corrected chi connectivity index (χ1v) is 5.97. The van der Waals surface area contributed by atoms with Gasteiger partial charge in [-0.1, -0.05) is 30.4 Å². The summed E-state index contributed by atoms with van der Waals surface area (Å²) in [6.45, 7) is 0.765. The first-order chi connectivity index (χ1) is 8.33. The molecule has 0 aromatic heterocycles. The molecule has 1 aliphatic carbocycles. The molecule has 0 radical (unpaired) electrons. The standard InChI is InChI=1S/C15H14O2/c16-14(12-3-1-2-4-12)10-11-5-6-15-13(9-11)7-8-17-15/h1,3-6,9H,2,7-8,10H2. The minimum absolute atomic E-state index is 0.206. The van der Waals surface area contributed by atoms with Gasteiger partial charge in [0, 0.05) is 18.4 Å². The highest BCUT2D eigenvalue weighted by molar-refractivity contribution is 5.99. The molecule has 2 nitrogen and oxygen atoms in total. The Morgan fingerprint density at radius 2 is 2.29 bits per heavy atom. The van der Waals surface area contributed by atoms with Crippen LogP contribution in [-0.4, -0.2) is 12.4 Å². The predicted molar refractivity (Wildman–Crippen MR) is 66.2 cm³/mol. The lowest BCUT2D eigenvalue weighted by Gasteiger charge is -2.03. The molecule has 0 fully saturated rings. The summed E-state index contributed by atoms with van der Waals surface area (Å²) in [6.07, 6.45) is 8.25. The molecule has 0 saturated heterocycles. The van der Waals surface area contributed by atoms with E-state index in [1.807, 2.05) is 30.4 Å². The monoisotopic (exact) mass is 226 g/mol. The van der Waals surface area contributed by atoms with Crippen molar-refractivity contribution in [1.82, 2.24) is 0 Å². The molecule has 0 N–H and O–H groups in total. The van der Waals surface area contributed by atoms with Gasteiger partial charge in [-0.25, -0.2) is 0 Å². The molecule has 17 heavy (non-hydrogen) atoms. The van der Waals surface area contributed by atoms with Crippen molar-refractivity contribution >= 4 is 5.78 Å². The first-order valence-electron chi connectivity index (χ1n) is 5.97. The second kappa shape index (κ2) is 4.21. The predicted octanol–water partition coefficient (Wildman–Crippen LogP) is 2.62. The van der Waals surface area contributed by atoms with E-state index in [0.29, 0.717) is 6.42 Å². The van der Waals surface area contributed by atoms with Crippen LogP contribution in [0.2, 0.25) is 0 Å². The number of allylic oxidation sites excluding steroid dienone is 4. The Morgan fingerprint density at radius 3 is 3.12 bits per heavy atom. The molecule has 0 unspecified atom stereocenters. The van der Waals surface area contributed by atoms with Gasteiger partial charge in [-0.15, -0.1) is 0 Å². The molecule has 1 aliphatic heterocycles. The Morgan fingerprint density at radius 1 is 1.35 bits per heavy atom. The Labute approximate surface area is 101 Å². The number of carbonyl (C=O) groups is 1. The zero-order valence-electron chi connectivity index (χ0n) is 9.61. The highest BCUT2D eigenvalue weighted by atomic mass is 16.5. The van der Waals surface area contributed by atoms with Crippen molar-refractivity contribution in [2.24, 2.45) is 0 Å². The molecule has 1 aromatic carbocycles. The Kier molecular flexibility index (Phi) is 2.56. The molecule has 86 valence electrons. The number of benzene rings is 1. The van der Waals surface area contributed by atoms with Crippen LogP contribution in [0, 0.1) is 0 Å². The third kappa shape index (κ3) is 2.03. The number of fused-ring (bicyclic) bond motifs is 1. The maximum Gasteiger partial charge on any atom is 0.166 e. The van der Waals surface area contributed by atoms with E-state index < -0.39 is 0 Å². The lowest BCUT2D eigenvalue weighted by Crippen LogP contribution is -2.04. The molecule has 2 aliphatic rings. The SMILES string of the molecule is O=C(Cc1ccc2c(c1)CCO2)C1=CCC=C1. The molecule has 0 spiro atoms. The fourth-order valence-electron chi connectivity index (χ4n) is 2.30. The van der Waals surface area contributed by atoms with Gasteiger partial charge < -0.3 is 4.74 Å². The van der Waals surface area contributed by atoms with E-state index in [1.165, 1.54) is 5.56 Å². The van der Waals surface area contributed by atoms with Crippen LogP contribution in [0.3, 0.4) is 0 Å². The minimum atomic E-state index is 0.206. The maximum atomic E-state index is 12.0. The summed E-state index contributed by atoms with van der Waals surface area (Å²) in [7, 11) is 0. The highest BCUT2D eigenvalue weighted by Crippen LogP contribution is 2.26. The normalized spacial score (nSPS) is 16.6. The largest absolute Gasteiger partial charge is 0.493 e. The van der Waals surface area contributed by atoms with Gasteiger partial charge in [0.05, 0.1) is 6.61 Å². The average Bonchev–Trinajstić information content (AvgIpc) is 2.99. The summed E-state index contributed by atoms with van der Waals surface area (Å²) in [4.78, 5) is 12.0. The van der Waals surface area contributed by atoms with E-state index in [9.17, 15) is 4.79 Å². The highest BCUT2D eigenvalue weighted by Gasteiger charge is 2.14. The van der Waals surface area contributed by atoms with E-state index in [2.05, 4.69) is 6.07 Å². The van der Waals surface area contributed by atoms with Gasteiger partial charge in [-0.2, -0.15) is 0 Å². The van der Waals surface area contributed by atoms with Crippen molar-refractivity contribution < 1.29 is 9.53 Å². The van der Waals surface area contributed by atoms with Crippen LogP contribution in [-0.2, 0) is 17.6 Å². The zero-order chi connectivity index (χ0) is 11.7. The van der Waals surface area contributed by atoms with Gasteiger partial charge in [-0.05, 0) is 23.6 Å². The Hall–Kier alpha value is -1.83. The van der Waals surface area contributed by atoms with E-state index in [4.69, 9.17) is 4.74 Å². The molecule has 1 heterocycles. The van der Waals surface area contributed by atoms with Gasteiger partial charge in [0.25, 0.3) is 0 Å². The molecule has 0 atom stereocenters.